The monoisotopic (exact) mass is 268 g/mol. The number of amidine groups is 1. The van der Waals surface area contributed by atoms with E-state index in [0.29, 0.717) is 11.4 Å². The van der Waals surface area contributed by atoms with Gasteiger partial charge in [0.15, 0.2) is 5.84 Å². The number of aromatic nitrogens is 1. The molecular formula is C15H16N4O. The third kappa shape index (κ3) is 3.20. The van der Waals surface area contributed by atoms with Gasteiger partial charge in [0.05, 0.1) is 6.21 Å². The fraction of sp³-hybridized carbons (Fsp3) is 0.133. The van der Waals surface area contributed by atoms with Gasteiger partial charge >= 0.3 is 0 Å². The molecule has 3 N–H and O–H groups in total. The molecule has 0 unspecified atom stereocenters. The van der Waals surface area contributed by atoms with Crippen LogP contribution in [0.5, 0.6) is 5.75 Å². The first kappa shape index (κ1) is 13.7. The number of hydrogen-bond donors (Lipinski definition) is 2. The zero-order valence-electron chi connectivity index (χ0n) is 11.4. The first-order valence-electron chi connectivity index (χ1n) is 6.15. The lowest BCUT2D eigenvalue weighted by molar-refractivity contribution is 0.470. The second-order valence-corrected chi connectivity index (χ2v) is 4.49. The molecular weight excluding hydrogens is 252 g/mol. The van der Waals surface area contributed by atoms with E-state index in [1.807, 2.05) is 26.0 Å². The van der Waals surface area contributed by atoms with Gasteiger partial charge in [-0.15, -0.1) is 5.10 Å². The maximum Gasteiger partial charge on any atom is 0.153 e. The van der Waals surface area contributed by atoms with Gasteiger partial charge in [0, 0.05) is 23.5 Å². The van der Waals surface area contributed by atoms with E-state index in [0.717, 1.165) is 16.7 Å². The molecule has 0 saturated heterocycles. The average molecular weight is 268 g/mol. The summed E-state index contributed by atoms with van der Waals surface area (Å²) < 4.78 is 0. The van der Waals surface area contributed by atoms with Crippen LogP contribution in [-0.2, 0) is 0 Å². The summed E-state index contributed by atoms with van der Waals surface area (Å²) >= 11 is 0. The SMILES string of the molecule is Cc1cc(C)c(O)c(/C=N/N=C(\N)c2ccncc2)c1. The summed E-state index contributed by atoms with van der Waals surface area (Å²) in [4.78, 5) is 3.90. The Labute approximate surface area is 117 Å². The minimum absolute atomic E-state index is 0.206. The van der Waals surface area contributed by atoms with E-state index in [1.54, 1.807) is 24.5 Å². The Bertz CT molecular complexity index is 663. The minimum atomic E-state index is 0.206. The molecule has 1 aromatic carbocycles. The van der Waals surface area contributed by atoms with Crippen molar-refractivity contribution in [3.05, 3.63) is 58.9 Å². The van der Waals surface area contributed by atoms with Crippen LogP contribution in [0, 0.1) is 13.8 Å². The van der Waals surface area contributed by atoms with Gasteiger partial charge in [-0.25, -0.2) is 0 Å². The molecule has 0 fully saturated rings. The first-order valence-corrected chi connectivity index (χ1v) is 6.15. The lowest BCUT2D eigenvalue weighted by Crippen LogP contribution is -2.12. The molecule has 0 saturated carbocycles. The first-order chi connectivity index (χ1) is 9.58. The third-order valence-electron chi connectivity index (χ3n) is 2.81. The van der Waals surface area contributed by atoms with Crippen molar-refractivity contribution in [2.45, 2.75) is 13.8 Å². The molecule has 5 nitrogen and oxygen atoms in total. The molecule has 0 spiro atoms. The van der Waals surface area contributed by atoms with Crippen LogP contribution in [0.3, 0.4) is 0 Å². The average Bonchev–Trinajstić information content (AvgIpc) is 2.44. The predicted molar refractivity (Wildman–Crippen MR) is 80.1 cm³/mol. The van der Waals surface area contributed by atoms with Crippen molar-refractivity contribution in [2.24, 2.45) is 15.9 Å². The van der Waals surface area contributed by atoms with Gasteiger partial charge in [-0.2, -0.15) is 5.10 Å². The van der Waals surface area contributed by atoms with E-state index < -0.39 is 0 Å². The molecule has 0 atom stereocenters. The van der Waals surface area contributed by atoms with E-state index in [-0.39, 0.29) is 5.75 Å². The second-order valence-electron chi connectivity index (χ2n) is 4.49. The van der Waals surface area contributed by atoms with Gasteiger partial charge in [-0.3, -0.25) is 4.98 Å². The molecule has 0 bridgehead atoms. The normalized spacial score (nSPS) is 12.0. The van der Waals surface area contributed by atoms with Gasteiger partial charge < -0.3 is 10.8 Å². The maximum absolute atomic E-state index is 9.93. The van der Waals surface area contributed by atoms with Crippen LogP contribution in [0.4, 0.5) is 0 Å². The molecule has 5 heteroatoms. The van der Waals surface area contributed by atoms with Crippen molar-refractivity contribution in [1.29, 1.82) is 0 Å². The largest absolute Gasteiger partial charge is 0.507 e. The van der Waals surface area contributed by atoms with Gasteiger partial charge in [0.1, 0.15) is 5.75 Å². The Morgan fingerprint density at radius 3 is 2.65 bits per heavy atom. The van der Waals surface area contributed by atoms with Crippen molar-refractivity contribution < 1.29 is 5.11 Å². The van der Waals surface area contributed by atoms with Crippen LogP contribution in [0.15, 0.2) is 46.9 Å². The lowest BCUT2D eigenvalue weighted by atomic mass is 10.1. The van der Waals surface area contributed by atoms with Crippen LogP contribution in [-0.4, -0.2) is 22.1 Å². The molecule has 1 heterocycles. The molecule has 1 aromatic heterocycles. The van der Waals surface area contributed by atoms with E-state index >= 15 is 0 Å². The molecule has 2 aromatic rings. The summed E-state index contributed by atoms with van der Waals surface area (Å²) in [5.41, 5.74) is 9.03. The van der Waals surface area contributed by atoms with Crippen LogP contribution in [0.1, 0.15) is 22.3 Å². The van der Waals surface area contributed by atoms with Crippen LogP contribution >= 0.6 is 0 Å². The topological polar surface area (TPSA) is 83.9 Å². The Hall–Kier alpha value is -2.69. The number of aryl methyl sites for hydroxylation is 2. The van der Waals surface area contributed by atoms with Gasteiger partial charge in [-0.1, -0.05) is 6.07 Å². The second kappa shape index (κ2) is 5.97. The van der Waals surface area contributed by atoms with Gasteiger partial charge in [0.25, 0.3) is 0 Å². The molecule has 20 heavy (non-hydrogen) atoms. The molecule has 0 aliphatic carbocycles. The molecule has 0 aliphatic heterocycles. The van der Waals surface area contributed by atoms with Crippen molar-refractivity contribution in [3.63, 3.8) is 0 Å². The van der Waals surface area contributed by atoms with Crippen LogP contribution in [0.25, 0.3) is 0 Å². The zero-order chi connectivity index (χ0) is 14.5. The molecule has 2 rings (SSSR count). The Morgan fingerprint density at radius 1 is 1.25 bits per heavy atom. The number of nitrogens with two attached hydrogens (primary N) is 1. The molecule has 0 aliphatic rings. The molecule has 0 amide bonds. The highest BCUT2D eigenvalue weighted by Crippen LogP contribution is 2.22. The Kier molecular flexibility index (Phi) is 4.10. The van der Waals surface area contributed by atoms with Crippen molar-refractivity contribution >= 4 is 12.1 Å². The molecule has 0 radical (unpaired) electrons. The predicted octanol–water partition coefficient (Wildman–Crippen LogP) is 2.14. The Morgan fingerprint density at radius 2 is 1.95 bits per heavy atom. The lowest BCUT2D eigenvalue weighted by Gasteiger charge is -2.04. The summed E-state index contributed by atoms with van der Waals surface area (Å²) in [6, 6.07) is 7.25. The quantitative estimate of drug-likeness (QED) is 0.508. The Balaban J connectivity index is 2.23. The molecule has 102 valence electrons. The summed E-state index contributed by atoms with van der Waals surface area (Å²) in [6.07, 6.45) is 4.76. The number of nitrogens with zero attached hydrogens (tertiary/aromatic N) is 3. The van der Waals surface area contributed by atoms with Crippen LogP contribution < -0.4 is 5.73 Å². The smallest absolute Gasteiger partial charge is 0.153 e. The number of pyridine rings is 1. The fourth-order valence-corrected chi connectivity index (χ4v) is 1.82. The fourth-order valence-electron chi connectivity index (χ4n) is 1.82. The summed E-state index contributed by atoms with van der Waals surface area (Å²) in [6.45, 7) is 3.80. The highest BCUT2D eigenvalue weighted by molar-refractivity contribution is 5.97. The van der Waals surface area contributed by atoms with E-state index in [1.165, 1.54) is 6.21 Å². The van der Waals surface area contributed by atoms with E-state index in [4.69, 9.17) is 5.73 Å². The number of phenols is 1. The van der Waals surface area contributed by atoms with E-state index in [9.17, 15) is 5.11 Å². The van der Waals surface area contributed by atoms with E-state index in [2.05, 4.69) is 15.2 Å². The van der Waals surface area contributed by atoms with Crippen molar-refractivity contribution in [1.82, 2.24) is 4.98 Å². The number of phenolic OH excluding ortho intramolecular Hbond substituents is 1. The highest BCUT2D eigenvalue weighted by atomic mass is 16.3. The number of rotatable bonds is 3. The van der Waals surface area contributed by atoms with Crippen LogP contribution in [0.2, 0.25) is 0 Å². The van der Waals surface area contributed by atoms with Gasteiger partial charge in [-0.05, 0) is 43.2 Å². The number of aromatic hydroxyl groups is 1. The highest BCUT2D eigenvalue weighted by Gasteiger charge is 2.03. The zero-order valence-corrected chi connectivity index (χ0v) is 11.4. The number of benzene rings is 1. The maximum atomic E-state index is 9.93. The minimum Gasteiger partial charge on any atom is -0.507 e. The number of hydrogen-bond acceptors (Lipinski definition) is 4. The van der Waals surface area contributed by atoms with Gasteiger partial charge in [0.2, 0.25) is 0 Å². The summed E-state index contributed by atoms with van der Waals surface area (Å²) in [5, 5.41) is 17.8. The standard InChI is InChI=1S/C15H16N4O/c1-10-7-11(2)14(20)13(8-10)9-18-19-15(16)12-3-5-17-6-4-12/h3-9,20H,1-2H3,(H2,16,19)/b18-9+. The summed E-state index contributed by atoms with van der Waals surface area (Å²) in [5.74, 6) is 0.504. The van der Waals surface area contributed by atoms with Crippen molar-refractivity contribution in [3.8, 4) is 5.75 Å². The van der Waals surface area contributed by atoms with Crippen molar-refractivity contribution in [2.75, 3.05) is 0 Å². The third-order valence-corrected chi connectivity index (χ3v) is 2.81. The summed E-state index contributed by atoms with van der Waals surface area (Å²) in [7, 11) is 0.